The number of hydrogen-bond acceptors (Lipinski definition) is 2. The molecule has 0 saturated heterocycles. The predicted molar refractivity (Wildman–Crippen MR) is 68.6 cm³/mol. The Morgan fingerprint density at radius 1 is 1.12 bits per heavy atom. The Kier molecular flexibility index (Phi) is 2.48. The molecule has 0 unspecified atom stereocenters. The third-order valence-corrected chi connectivity index (χ3v) is 3.21. The van der Waals surface area contributed by atoms with Crippen LogP contribution in [0.15, 0.2) is 42.6 Å². The van der Waals surface area contributed by atoms with E-state index in [-0.39, 0.29) is 0 Å². The molecule has 0 saturated carbocycles. The first-order valence-corrected chi connectivity index (χ1v) is 5.89. The van der Waals surface area contributed by atoms with E-state index in [4.69, 9.17) is 0 Å². The van der Waals surface area contributed by atoms with Gasteiger partial charge >= 0.3 is 0 Å². The molecule has 1 aliphatic rings. The van der Waals surface area contributed by atoms with Gasteiger partial charge in [0.1, 0.15) is 5.78 Å². The van der Waals surface area contributed by atoms with Gasteiger partial charge in [0.05, 0.1) is 5.52 Å². The van der Waals surface area contributed by atoms with E-state index >= 15 is 0 Å². The first-order chi connectivity index (χ1) is 8.33. The number of hydrogen-bond donors (Lipinski definition) is 0. The van der Waals surface area contributed by atoms with E-state index < -0.39 is 0 Å². The summed E-state index contributed by atoms with van der Waals surface area (Å²) in [5, 5.41) is 1.16. The minimum Gasteiger partial charge on any atom is -0.299 e. The van der Waals surface area contributed by atoms with Gasteiger partial charge < -0.3 is 0 Å². The standard InChI is InChI=1S/C15H13NO/c17-14-7-5-11(6-8-14)13-9-12-3-1-2-4-15(12)16-10-13/h1-5,9-10H,6-8H2. The Bertz CT molecular complexity index is 613. The van der Waals surface area contributed by atoms with Crippen molar-refractivity contribution >= 4 is 22.3 Å². The SMILES string of the molecule is O=C1CC=C(c2cnc3ccccc3c2)CC1. The van der Waals surface area contributed by atoms with Gasteiger partial charge in [0.25, 0.3) is 0 Å². The number of nitrogens with zero attached hydrogens (tertiary/aromatic N) is 1. The molecular formula is C15H13NO. The zero-order valence-electron chi connectivity index (χ0n) is 9.52. The summed E-state index contributed by atoms with van der Waals surface area (Å²) < 4.78 is 0. The van der Waals surface area contributed by atoms with Crippen molar-refractivity contribution in [2.75, 3.05) is 0 Å². The molecule has 0 spiro atoms. The number of Topliss-reactive ketones (excluding diaryl/α,β-unsaturated/α-hetero) is 1. The van der Waals surface area contributed by atoms with Crippen molar-refractivity contribution in [3.63, 3.8) is 0 Å². The van der Waals surface area contributed by atoms with Crippen LogP contribution in [0.1, 0.15) is 24.8 Å². The summed E-state index contributed by atoms with van der Waals surface area (Å²) in [6.45, 7) is 0. The number of fused-ring (bicyclic) bond motifs is 1. The molecule has 84 valence electrons. The van der Waals surface area contributed by atoms with Gasteiger partial charge in [-0.1, -0.05) is 24.3 Å². The van der Waals surface area contributed by atoms with Crippen LogP contribution in [0.4, 0.5) is 0 Å². The molecule has 3 rings (SSSR count). The van der Waals surface area contributed by atoms with Crippen LogP contribution in [0, 0.1) is 0 Å². The fourth-order valence-electron chi connectivity index (χ4n) is 2.22. The molecule has 2 heteroatoms. The van der Waals surface area contributed by atoms with Gasteiger partial charge in [0.2, 0.25) is 0 Å². The van der Waals surface area contributed by atoms with Crippen molar-refractivity contribution in [2.45, 2.75) is 19.3 Å². The van der Waals surface area contributed by atoms with E-state index in [0.29, 0.717) is 18.6 Å². The number of benzene rings is 1. The van der Waals surface area contributed by atoms with E-state index in [9.17, 15) is 4.79 Å². The quantitative estimate of drug-likeness (QED) is 0.741. The molecule has 0 fully saturated rings. The maximum absolute atomic E-state index is 11.2. The summed E-state index contributed by atoms with van der Waals surface area (Å²) in [4.78, 5) is 15.6. The number of aromatic nitrogens is 1. The Hall–Kier alpha value is -1.96. The highest BCUT2D eigenvalue weighted by Crippen LogP contribution is 2.26. The Morgan fingerprint density at radius 3 is 2.82 bits per heavy atom. The van der Waals surface area contributed by atoms with Gasteiger partial charge in [-0.3, -0.25) is 9.78 Å². The van der Waals surface area contributed by atoms with Crippen molar-refractivity contribution in [2.24, 2.45) is 0 Å². The van der Waals surface area contributed by atoms with Crippen LogP contribution in [-0.4, -0.2) is 10.8 Å². The molecule has 0 atom stereocenters. The summed E-state index contributed by atoms with van der Waals surface area (Å²) in [5.41, 5.74) is 3.42. The van der Waals surface area contributed by atoms with E-state index in [0.717, 1.165) is 22.9 Å². The third-order valence-electron chi connectivity index (χ3n) is 3.21. The van der Waals surface area contributed by atoms with Crippen molar-refractivity contribution in [1.29, 1.82) is 0 Å². The maximum atomic E-state index is 11.2. The molecule has 2 aromatic rings. The normalized spacial score (nSPS) is 16.0. The Balaban J connectivity index is 2.03. The lowest BCUT2D eigenvalue weighted by Crippen LogP contribution is -2.03. The van der Waals surface area contributed by atoms with Crippen LogP contribution in [-0.2, 0) is 4.79 Å². The van der Waals surface area contributed by atoms with Crippen LogP contribution in [0.2, 0.25) is 0 Å². The second kappa shape index (κ2) is 4.13. The summed E-state index contributed by atoms with van der Waals surface area (Å²) >= 11 is 0. The number of rotatable bonds is 1. The van der Waals surface area contributed by atoms with Crippen molar-refractivity contribution < 1.29 is 4.79 Å². The second-order valence-electron chi connectivity index (χ2n) is 4.39. The highest BCUT2D eigenvalue weighted by molar-refractivity contribution is 5.88. The minimum atomic E-state index is 0.336. The molecule has 0 bridgehead atoms. The Morgan fingerprint density at radius 2 is 2.00 bits per heavy atom. The molecule has 1 heterocycles. The number of para-hydroxylation sites is 1. The van der Waals surface area contributed by atoms with Gasteiger partial charge in [0, 0.05) is 24.4 Å². The molecule has 2 nitrogen and oxygen atoms in total. The smallest absolute Gasteiger partial charge is 0.137 e. The number of allylic oxidation sites excluding steroid dienone is 2. The molecule has 0 aliphatic heterocycles. The third kappa shape index (κ3) is 1.98. The average Bonchev–Trinajstić information content (AvgIpc) is 2.39. The highest BCUT2D eigenvalue weighted by Gasteiger charge is 2.12. The van der Waals surface area contributed by atoms with Gasteiger partial charge in [-0.15, -0.1) is 0 Å². The van der Waals surface area contributed by atoms with Crippen LogP contribution in [0.25, 0.3) is 16.5 Å². The molecule has 17 heavy (non-hydrogen) atoms. The lowest BCUT2D eigenvalue weighted by Gasteiger charge is -2.12. The topological polar surface area (TPSA) is 30.0 Å². The highest BCUT2D eigenvalue weighted by atomic mass is 16.1. The lowest BCUT2D eigenvalue weighted by atomic mass is 9.93. The lowest BCUT2D eigenvalue weighted by molar-refractivity contribution is -0.118. The summed E-state index contributed by atoms with van der Waals surface area (Å²) in [6.07, 6.45) is 6.03. The van der Waals surface area contributed by atoms with Gasteiger partial charge in [-0.25, -0.2) is 0 Å². The number of ketones is 1. The van der Waals surface area contributed by atoms with Crippen LogP contribution >= 0.6 is 0 Å². The zero-order chi connectivity index (χ0) is 11.7. The Labute approximate surface area is 100.0 Å². The molecule has 0 radical (unpaired) electrons. The van der Waals surface area contributed by atoms with E-state index in [2.05, 4.69) is 17.1 Å². The van der Waals surface area contributed by atoms with E-state index in [1.54, 1.807) is 0 Å². The zero-order valence-corrected chi connectivity index (χ0v) is 9.52. The van der Waals surface area contributed by atoms with Crippen LogP contribution in [0.5, 0.6) is 0 Å². The summed E-state index contributed by atoms with van der Waals surface area (Å²) in [6, 6.07) is 10.3. The molecular weight excluding hydrogens is 210 g/mol. The average molecular weight is 223 g/mol. The monoisotopic (exact) mass is 223 g/mol. The molecule has 1 aliphatic carbocycles. The van der Waals surface area contributed by atoms with Crippen LogP contribution < -0.4 is 0 Å². The number of carbonyl (C=O) groups excluding carboxylic acids is 1. The van der Waals surface area contributed by atoms with Gasteiger partial charge in [0.15, 0.2) is 0 Å². The van der Waals surface area contributed by atoms with Crippen molar-refractivity contribution in [3.05, 3.63) is 48.2 Å². The summed E-state index contributed by atoms with van der Waals surface area (Å²) in [7, 11) is 0. The van der Waals surface area contributed by atoms with Gasteiger partial charge in [-0.2, -0.15) is 0 Å². The number of carbonyl (C=O) groups is 1. The van der Waals surface area contributed by atoms with Crippen molar-refractivity contribution in [3.8, 4) is 0 Å². The minimum absolute atomic E-state index is 0.336. The molecule has 1 aromatic carbocycles. The second-order valence-corrected chi connectivity index (χ2v) is 4.39. The maximum Gasteiger partial charge on any atom is 0.137 e. The fraction of sp³-hybridized carbons (Fsp3) is 0.200. The van der Waals surface area contributed by atoms with Crippen LogP contribution in [0.3, 0.4) is 0 Å². The number of pyridine rings is 1. The first-order valence-electron chi connectivity index (χ1n) is 5.89. The predicted octanol–water partition coefficient (Wildman–Crippen LogP) is 3.37. The summed E-state index contributed by atoms with van der Waals surface area (Å²) in [5.74, 6) is 0.336. The molecule has 1 aromatic heterocycles. The largest absolute Gasteiger partial charge is 0.299 e. The van der Waals surface area contributed by atoms with E-state index in [1.807, 2.05) is 30.5 Å². The van der Waals surface area contributed by atoms with Gasteiger partial charge in [-0.05, 0) is 29.7 Å². The molecule has 0 amide bonds. The molecule has 0 N–H and O–H groups in total. The first kappa shape index (κ1) is 10.2. The fourth-order valence-corrected chi connectivity index (χ4v) is 2.22. The van der Waals surface area contributed by atoms with Crippen molar-refractivity contribution in [1.82, 2.24) is 4.98 Å². The van der Waals surface area contributed by atoms with E-state index in [1.165, 1.54) is 5.57 Å².